The minimum atomic E-state index is 0.213. The van der Waals surface area contributed by atoms with Gasteiger partial charge in [-0.25, -0.2) is 0 Å². The molecule has 1 atom stereocenters. The number of rotatable bonds is 1. The number of likely N-dealkylation sites (tertiary alicyclic amines) is 1. The smallest absolute Gasteiger partial charge is 0.230 e. The Hall–Kier alpha value is -1.35. The number of carbonyl (C=O) groups is 1. The van der Waals surface area contributed by atoms with Crippen molar-refractivity contribution in [3.05, 3.63) is 29.8 Å². The van der Waals surface area contributed by atoms with Crippen LogP contribution in [0.4, 0.5) is 5.69 Å². The van der Waals surface area contributed by atoms with Crippen LogP contribution in [0.1, 0.15) is 25.3 Å². The number of hydrogen-bond donors (Lipinski definition) is 0. The van der Waals surface area contributed by atoms with Gasteiger partial charge in [-0.15, -0.1) is 0 Å². The summed E-state index contributed by atoms with van der Waals surface area (Å²) in [6, 6.07) is 8.64. The standard InChI is InChI=1S/C16H22N2O/c1-12-11-14-5-3-4-6-15(14)18(12)16(19)13-7-9-17(2)10-8-13/h3-6,12-13H,7-11H2,1-2H3/t12-/m1/s1. The molecule has 1 aromatic rings. The van der Waals surface area contributed by atoms with E-state index in [1.54, 1.807) is 0 Å². The lowest BCUT2D eigenvalue weighted by molar-refractivity contribution is -0.124. The predicted molar refractivity (Wildman–Crippen MR) is 77.3 cm³/mol. The Kier molecular flexibility index (Phi) is 3.31. The first-order valence-corrected chi connectivity index (χ1v) is 7.26. The van der Waals surface area contributed by atoms with Gasteiger partial charge in [0, 0.05) is 17.6 Å². The third-order valence-corrected chi connectivity index (χ3v) is 4.51. The molecule has 2 heterocycles. The second-order valence-corrected chi connectivity index (χ2v) is 5.97. The maximum atomic E-state index is 12.8. The molecule has 0 aromatic heterocycles. The quantitative estimate of drug-likeness (QED) is 0.771. The Balaban J connectivity index is 1.80. The van der Waals surface area contributed by atoms with Gasteiger partial charge in [-0.3, -0.25) is 4.79 Å². The molecular weight excluding hydrogens is 236 g/mol. The van der Waals surface area contributed by atoms with Crippen molar-refractivity contribution in [1.29, 1.82) is 0 Å². The van der Waals surface area contributed by atoms with Crippen LogP contribution in [0.5, 0.6) is 0 Å². The first kappa shape index (κ1) is 12.7. The van der Waals surface area contributed by atoms with Crippen molar-refractivity contribution in [2.24, 2.45) is 5.92 Å². The molecule has 3 rings (SSSR count). The number of piperidine rings is 1. The molecule has 3 heteroatoms. The predicted octanol–water partition coefficient (Wildman–Crippen LogP) is 2.31. The van der Waals surface area contributed by atoms with E-state index in [9.17, 15) is 4.79 Å². The van der Waals surface area contributed by atoms with Gasteiger partial charge < -0.3 is 9.80 Å². The van der Waals surface area contributed by atoms with Gasteiger partial charge in [0.1, 0.15) is 0 Å². The summed E-state index contributed by atoms with van der Waals surface area (Å²) in [4.78, 5) is 17.1. The average Bonchev–Trinajstić information content (AvgIpc) is 2.74. The van der Waals surface area contributed by atoms with E-state index < -0.39 is 0 Å². The van der Waals surface area contributed by atoms with E-state index in [0.717, 1.165) is 38.0 Å². The lowest BCUT2D eigenvalue weighted by atomic mass is 9.95. The molecule has 0 unspecified atom stereocenters. The van der Waals surface area contributed by atoms with E-state index in [-0.39, 0.29) is 5.92 Å². The Labute approximate surface area is 115 Å². The average molecular weight is 258 g/mol. The summed E-state index contributed by atoms with van der Waals surface area (Å²) >= 11 is 0. The molecule has 0 N–H and O–H groups in total. The molecule has 1 amide bonds. The zero-order valence-corrected chi connectivity index (χ0v) is 11.8. The summed E-state index contributed by atoms with van der Waals surface area (Å²) in [6.45, 7) is 4.24. The van der Waals surface area contributed by atoms with Crippen molar-refractivity contribution >= 4 is 11.6 Å². The van der Waals surface area contributed by atoms with E-state index in [4.69, 9.17) is 0 Å². The SMILES string of the molecule is C[C@@H]1Cc2ccccc2N1C(=O)C1CCN(C)CC1. The monoisotopic (exact) mass is 258 g/mol. The molecule has 1 aromatic carbocycles. The molecular formula is C16H22N2O. The fourth-order valence-electron chi connectivity index (χ4n) is 3.35. The number of benzene rings is 1. The number of anilines is 1. The Morgan fingerprint density at radius 1 is 1.21 bits per heavy atom. The molecule has 0 saturated carbocycles. The van der Waals surface area contributed by atoms with Crippen LogP contribution in [0, 0.1) is 5.92 Å². The van der Waals surface area contributed by atoms with Gasteiger partial charge >= 0.3 is 0 Å². The number of carbonyl (C=O) groups excluding carboxylic acids is 1. The van der Waals surface area contributed by atoms with E-state index in [1.165, 1.54) is 5.56 Å². The van der Waals surface area contributed by atoms with Crippen molar-refractivity contribution in [2.45, 2.75) is 32.2 Å². The summed E-state index contributed by atoms with van der Waals surface area (Å²) in [5.41, 5.74) is 2.45. The van der Waals surface area contributed by atoms with Crippen molar-refractivity contribution in [1.82, 2.24) is 4.90 Å². The van der Waals surface area contributed by atoms with E-state index in [2.05, 4.69) is 37.1 Å². The largest absolute Gasteiger partial charge is 0.309 e. The van der Waals surface area contributed by atoms with Crippen LogP contribution in [0.15, 0.2) is 24.3 Å². The van der Waals surface area contributed by atoms with E-state index in [0.29, 0.717) is 11.9 Å². The maximum absolute atomic E-state index is 12.8. The fourth-order valence-corrected chi connectivity index (χ4v) is 3.35. The third kappa shape index (κ3) is 2.27. The Bertz CT molecular complexity index is 477. The van der Waals surface area contributed by atoms with Crippen LogP contribution in [0.3, 0.4) is 0 Å². The summed E-state index contributed by atoms with van der Waals surface area (Å²) in [5.74, 6) is 0.551. The van der Waals surface area contributed by atoms with Crippen LogP contribution < -0.4 is 4.90 Å². The molecule has 1 saturated heterocycles. The molecule has 0 bridgehead atoms. The highest BCUT2D eigenvalue weighted by molar-refractivity contribution is 5.97. The summed E-state index contributed by atoms with van der Waals surface area (Å²) in [5, 5.41) is 0. The minimum absolute atomic E-state index is 0.213. The topological polar surface area (TPSA) is 23.6 Å². The molecule has 3 nitrogen and oxygen atoms in total. The summed E-state index contributed by atoms with van der Waals surface area (Å²) in [6.07, 6.45) is 3.00. The third-order valence-electron chi connectivity index (χ3n) is 4.51. The highest BCUT2D eigenvalue weighted by Gasteiger charge is 2.35. The number of fused-ring (bicyclic) bond motifs is 1. The highest BCUT2D eigenvalue weighted by Crippen LogP contribution is 2.34. The van der Waals surface area contributed by atoms with Crippen LogP contribution in [0.2, 0.25) is 0 Å². The second-order valence-electron chi connectivity index (χ2n) is 5.97. The number of para-hydroxylation sites is 1. The van der Waals surface area contributed by atoms with Gasteiger partial charge in [0.05, 0.1) is 0 Å². The van der Waals surface area contributed by atoms with Crippen molar-refractivity contribution < 1.29 is 4.79 Å². The molecule has 102 valence electrons. The minimum Gasteiger partial charge on any atom is -0.309 e. The Morgan fingerprint density at radius 2 is 1.89 bits per heavy atom. The molecule has 0 spiro atoms. The van der Waals surface area contributed by atoms with Crippen LogP contribution >= 0.6 is 0 Å². The fraction of sp³-hybridized carbons (Fsp3) is 0.562. The van der Waals surface area contributed by atoms with Gasteiger partial charge in [0.15, 0.2) is 0 Å². The van der Waals surface area contributed by atoms with Crippen molar-refractivity contribution in [3.63, 3.8) is 0 Å². The summed E-state index contributed by atoms with van der Waals surface area (Å²) in [7, 11) is 2.13. The molecule has 1 fully saturated rings. The van der Waals surface area contributed by atoms with Gasteiger partial charge in [-0.1, -0.05) is 18.2 Å². The van der Waals surface area contributed by atoms with E-state index >= 15 is 0 Å². The summed E-state index contributed by atoms with van der Waals surface area (Å²) < 4.78 is 0. The zero-order valence-electron chi connectivity index (χ0n) is 11.8. The van der Waals surface area contributed by atoms with Gasteiger partial charge in [0.25, 0.3) is 0 Å². The first-order chi connectivity index (χ1) is 9.16. The number of amides is 1. The number of nitrogens with zero attached hydrogens (tertiary/aromatic N) is 2. The lowest BCUT2D eigenvalue weighted by Crippen LogP contribution is -2.44. The highest BCUT2D eigenvalue weighted by atomic mass is 16.2. The molecule has 2 aliphatic heterocycles. The van der Waals surface area contributed by atoms with Crippen molar-refractivity contribution in [2.75, 3.05) is 25.0 Å². The molecule has 2 aliphatic rings. The molecule has 0 aliphatic carbocycles. The Morgan fingerprint density at radius 3 is 2.63 bits per heavy atom. The van der Waals surface area contributed by atoms with Crippen molar-refractivity contribution in [3.8, 4) is 0 Å². The van der Waals surface area contributed by atoms with Gasteiger partial charge in [-0.05, 0) is 58.0 Å². The first-order valence-electron chi connectivity index (χ1n) is 7.26. The van der Waals surface area contributed by atoms with Gasteiger partial charge in [-0.2, -0.15) is 0 Å². The number of hydrogen-bond acceptors (Lipinski definition) is 2. The van der Waals surface area contributed by atoms with E-state index in [1.807, 2.05) is 11.0 Å². The second kappa shape index (κ2) is 4.97. The van der Waals surface area contributed by atoms with Gasteiger partial charge in [0.2, 0.25) is 5.91 Å². The van der Waals surface area contributed by atoms with Crippen LogP contribution in [-0.4, -0.2) is 37.0 Å². The van der Waals surface area contributed by atoms with Crippen LogP contribution in [0.25, 0.3) is 0 Å². The maximum Gasteiger partial charge on any atom is 0.230 e. The lowest BCUT2D eigenvalue weighted by Gasteiger charge is -2.32. The normalized spacial score (nSPS) is 24.5. The molecule has 19 heavy (non-hydrogen) atoms. The zero-order chi connectivity index (χ0) is 13.4. The molecule has 0 radical (unpaired) electrons. The van der Waals surface area contributed by atoms with Crippen LogP contribution in [-0.2, 0) is 11.2 Å².